The Morgan fingerprint density at radius 1 is 0.633 bits per heavy atom. The predicted octanol–water partition coefficient (Wildman–Crippen LogP) is 9.42. The van der Waals surface area contributed by atoms with E-state index in [1.807, 2.05) is 27.7 Å². The summed E-state index contributed by atoms with van der Waals surface area (Å²) in [6.45, 7) is 17.4. The van der Waals surface area contributed by atoms with Crippen LogP contribution in [0.1, 0.15) is 52.7 Å². The van der Waals surface area contributed by atoms with Crippen LogP contribution in [0.5, 0.6) is 0 Å². The molecule has 4 aromatic rings. The van der Waals surface area contributed by atoms with Gasteiger partial charge in [-0.25, -0.2) is 0 Å². The summed E-state index contributed by atoms with van der Waals surface area (Å²) < 4.78 is 0. The van der Waals surface area contributed by atoms with Gasteiger partial charge in [-0.1, -0.05) is 113 Å². The van der Waals surface area contributed by atoms with Crippen LogP contribution in [0.15, 0.2) is 72.8 Å². The molecule has 1 radical (unpaired) electrons. The van der Waals surface area contributed by atoms with Gasteiger partial charge in [0.25, 0.3) is 0 Å². The van der Waals surface area contributed by atoms with Crippen molar-refractivity contribution in [3.8, 4) is 11.1 Å². The number of fused-ring (bicyclic) bond motifs is 2. The predicted molar refractivity (Wildman–Crippen MR) is 135 cm³/mol. The Kier molecular flexibility index (Phi) is 14.6. The Hall–Kier alpha value is -1.50. The number of hydrogen-bond donors (Lipinski definition) is 0. The second-order valence-corrected chi connectivity index (χ2v) is 6.17. The quantitative estimate of drug-likeness (QED) is 0.200. The zero-order chi connectivity index (χ0) is 21.8. The molecule has 0 nitrogen and oxygen atoms in total. The molecule has 0 amide bonds. The molecule has 0 aliphatic carbocycles. The van der Waals surface area contributed by atoms with E-state index in [9.17, 15) is 0 Å². The first-order valence-corrected chi connectivity index (χ1v) is 11.0. The van der Waals surface area contributed by atoms with E-state index >= 15 is 0 Å². The minimum Gasteiger partial charge on any atom is -0.346 e. The summed E-state index contributed by atoms with van der Waals surface area (Å²) in [4.78, 5) is 0. The molecule has 0 aliphatic heterocycles. The van der Waals surface area contributed by atoms with Crippen molar-refractivity contribution in [2.75, 3.05) is 0 Å². The molecule has 0 aromatic heterocycles. The van der Waals surface area contributed by atoms with Gasteiger partial charge in [0.1, 0.15) is 0 Å². The molecule has 1 heteroatoms. The van der Waals surface area contributed by atoms with Crippen LogP contribution in [0.3, 0.4) is 0 Å². The Morgan fingerprint density at radius 3 is 1.47 bits per heavy atom. The maximum atomic E-state index is 3.25. The van der Waals surface area contributed by atoms with E-state index in [-0.39, 0.29) is 32.7 Å². The summed E-state index contributed by atoms with van der Waals surface area (Å²) in [5.41, 5.74) is 5.42. The van der Waals surface area contributed by atoms with Crippen molar-refractivity contribution in [1.82, 2.24) is 0 Å². The van der Waals surface area contributed by atoms with E-state index in [4.69, 9.17) is 0 Å². The Morgan fingerprint density at radius 2 is 1.07 bits per heavy atom. The molecule has 0 bridgehead atoms. The molecule has 30 heavy (non-hydrogen) atoms. The average molecular weight is 475 g/mol. The van der Waals surface area contributed by atoms with Gasteiger partial charge in [-0.2, -0.15) is 6.92 Å². The fourth-order valence-corrected chi connectivity index (χ4v) is 3.71. The maximum Gasteiger partial charge on any atom is 0 e. The van der Waals surface area contributed by atoms with Crippen LogP contribution in [0, 0.1) is 13.8 Å². The van der Waals surface area contributed by atoms with Gasteiger partial charge in [0.15, 0.2) is 0 Å². The summed E-state index contributed by atoms with van der Waals surface area (Å²) in [6, 6.07) is 26.5. The molecule has 0 spiro atoms. The number of benzene rings is 4. The van der Waals surface area contributed by atoms with Gasteiger partial charge in [-0.05, 0) is 51.6 Å². The molecule has 0 aliphatic rings. The van der Waals surface area contributed by atoms with E-state index < -0.39 is 0 Å². The molecule has 157 valence electrons. The summed E-state index contributed by atoms with van der Waals surface area (Å²) in [5, 5.41) is 5.47. The number of hydrogen-bond acceptors (Lipinski definition) is 0. The molecule has 4 aromatic carbocycles. The Balaban J connectivity index is 0.00000111. The molecule has 0 saturated heterocycles. The number of aryl methyl sites for hydroxylation is 2. The van der Waals surface area contributed by atoms with Gasteiger partial charge in [-0.15, -0.1) is 0 Å². The first-order chi connectivity index (χ1) is 14.3. The summed E-state index contributed by atoms with van der Waals surface area (Å²) in [5.74, 6) is 0. The van der Waals surface area contributed by atoms with Gasteiger partial charge >= 0.3 is 0 Å². The molecule has 0 unspecified atom stereocenters. The van der Waals surface area contributed by atoms with E-state index in [0.29, 0.717) is 0 Å². The zero-order valence-electron chi connectivity index (χ0n) is 19.9. The third-order valence-electron chi connectivity index (χ3n) is 4.70. The average Bonchev–Trinajstić information content (AvgIpc) is 2.81. The van der Waals surface area contributed by atoms with Crippen LogP contribution in [0.2, 0.25) is 0 Å². The Labute approximate surface area is 210 Å². The van der Waals surface area contributed by atoms with Crippen molar-refractivity contribution in [3.63, 3.8) is 0 Å². The van der Waals surface area contributed by atoms with Gasteiger partial charge in [0.05, 0.1) is 0 Å². The van der Waals surface area contributed by atoms with Gasteiger partial charge in [-0.3, -0.25) is 0 Å². The van der Waals surface area contributed by atoms with Crippen LogP contribution in [0.4, 0.5) is 0 Å². The molecule has 0 saturated carbocycles. The van der Waals surface area contributed by atoms with Crippen LogP contribution >= 0.6 is 0 Å². The Bertz CT molecular complexity index is 958. The van der Waals surface area contributed by atoms with Crippen molar-refractivity contribution >= 4 is 21.5 Å². The van der Waals surface area contributed by atoms with Gasteiger partial charge < -0.3 is 6.92 Å². The first kappa shape index (κ1) is 28.5. The van der Waals surface area contributed by atoms with Gasteiger partial charge in [0, 0.05) is 32.7 Å². The first-order valence-electron chi connectivity index (χ1n) is 11.0. The number of rotatable bonds is 2. The summed E-state index contributed by atoms with van der Waals surface area (Å²) in [7, 11) is 0. The smallest absolute Gasteiger partial charge is 0 e. The normalized spacial score (nSPS) is 9.20. The molecule has 0 fully saturated rings. The third-order valence-corrected chi connectivity index (χ3v) is 4.70. The van der Waals surface area contributed by atoms with Crippen molar-refractivity contribution in [2.45, 2.75) is 54.9 Å². The summed E-state index contributed by atoms with van der Waals surface area (Å²) in [6.07, 6.45) is 1.05. The van der Waals surface area contributed by atoms with Crippen LogP contribution < -0.4 is 0 Å². The largest absolute Gasteiger partial charge is 0.346 e. The van der Waals surface area contributed by atoms with Crippen LogP contribution in [-0.2, 0) is 39.1 Å². The van der Waals surface area contributed by atoms with E-state index in [1.54, 1.807) is 6.92 Å². The monoisotopic (exact) mass is 474 g/mol. The van der Waals surface area contributed by atoms with Crippen molar-refractivity contribution < 1.29 is 32.7 Å². The molecular formula is C29H37Y-. The third kappa shape index (κ3) is 6.25. The minimum absolute atomic E-state index is 0. The molecule has 0 atom stereocenters. The SMILES string of the molecule is CC.CC.CCc1c2ccccc2c(-c2cccc(C)c2)c2ccccc12.[CH2-]C.[Y]. The molecule has 0 N–H and O–H groups in total. The molecule has 0 heterocycles. The van der Waals surface area contributed by atoms with Crippen molar-refractivity contribution in [3.05, 3.63) is 90.8 Å². The van der Waals surface area contributed by atoms with E-state index in [1.165, 1.54) is 43.8 Å². The standard InChI is InChI=1S/C23H20.2C2H6.C2H5.Y/c1-3-18-19-11-4-6-13-21(19)23(17-10-8-9-16(2)15-17)22-14-7-5-12-20(18)22;3*1-2;/h4-15H,3H2,1-2H3;2*1-2H3;1H2,2H3;/q;;;-1;. The summed E-state index contributed by atoms with van der Waals surface area (Å²) >= 11 is 0. The maximum absolute atomic E-state index is 3.25. The fourth-order valence-electron chi connectivity index (χ4n) is 3.71. The minimum atomic E-state index is 0. The molecule has 4 rings (SSSR count). The second kappa shape index (κ2) is 15.3. The fraction of sp³-hybridized carbons (Fsp3) is 0.276. The van der Waals surface area contributed by atoms with Gasteiger partial charge in [0.2, 0.25) is 0 Å². The van der Waals surface area contributed by atoms with E-state index in [2.05, 4.69) is 93.6 Å². The topological polar surface area (TPSA) is 0 Å². The zero-order valence-corrected chi connectivity index (χ0v) is 22.8. The van der Waals surface area contributed by atoms with Crippen LogP contribution in [-0.4, -0.2) is 0 Å². The van der Waals surface area contributed by atoms with E-state index in [0.717, 1.165) is 6.42 Å². The van der Waals surface area contributed by atoms with Crippen molar-refractivity contribution in [1.29, 1.82) is 0 Å². The molecular weight excluding hydrogens is 437 g/mol. The van der Waals surface area contributed by atoms with Crippen molar-refractivity contribution in [2.24, 2.45) is 0 Å². The van der Waals surface area contributed by atoms with Crippen LogP contribution in [0.25, 0.3) is 32.7 Å². The second-order valence-electron chi connectivity index (χ2n) is 6.17.